The topological polar surface area (TPSA) is 63.6 Å². The second kappa shape index (κ2) is 8.13. The van der Waals surface area contributed by atoms with E-state index in [0.29, 0.717) is 16.6 Å². The smallest absolute Gasteiger partial charge is 0.357 e. The highest BCUT2D eigenvalue weighted by Gasteiger charge is 2.26. The molecule has 0 atom stereocenters. The number of hydrogen-bond donors (Lipinski definition) is 0. The lowest BCUT2D eigenvalue weighted by atomic mass is 9.95. The third kappa shape index (κ3) is 3.10. The van der Waals surface area contributed by atoms with E-state index in [2.05, 4.69) is 94.8 Å². The summed E-state index contributed by atoms with van der Waals surface area (Å²) in [6.45, 7) is 0. The molecule has 3 aromatic heterocycles. The Balaban J connectivity index is 1.31. The van der Waals surface area contributed by atoms with Crippen LogP contribution in [0.15, 0.2) is 131 Å². The molecule has 6 nitrogen and oxygen atoms in total. The quantitative estimate of drug-likeness (QED) is 0.201. The van der Waals surface area contributed by atoms with Gasteiger partial charge in [0, 0.05) is 28.3 Å². The van der Waals surface area contributed by atoms with Gasteiger partial charge in [0.1, 0.15) is 5.58 Å². The number of hydrogen-bond acceptors (Lipinski definition) is 5. The first-order valence-electron chi connectivity index (χ1n) is 13.5. The molecule has 0 amide bonds. The van der Waals surface area contributed by atoms with E-state index in [0.717, 1.165) is 44.6 Å². The van der Waals surface area contributed by atoms with Crippen LogP contribution in [0.4, 0.5) is 17.1 Å². The average Bonchev–Trinajstić information content (AvgIpc) is 3.36. The molecule has 1 aliphatic rings. The predicted molar refractivity (Wildman–Crippen MR) is 163 cm³/mol. The van der Waals surface area contributed by atoms with E-state index in [1.54, 1.807) is 4.40 Å². The van der Waals surface area contributed by atoms with Crippen molar-refractivity contribution in [2.75, 3.05) is 4.90 Å². The first-order chi connectivity index (χ1) is 20.2. The second-order valence-corrected chi connectivity index (χ2v) is 10.3. The van der Waals surface area contributed by atoms with Crippen LogP contribution in [0.1, 0.15) is 0 Å². The highest BCUT2D eigenvalue weighted by molar-refractivity contribution is 6.04. The standard InChI is InChI=1S/C35H20N4O2/c40-35-37-34-27(33-36-28-13-5-8-16-31(28)39(33)35)19-21-17-18-22(20-32(21)41-34)38-29-14-6-3-11-25(29)23-9-1-2-10-24(23)26-12-4-7-15-30(26)38/h1-20H. The summed E-state index contributed by atoms with van der Waals surface area (Å²) < 4.78 is 7.89. The van der Waals surface area contributed by atoms with Crippen molar-refractivity contribution in [1.82, 2.24) is 14.4 Å². The fourth-order valence-electron chi connectivity index (χ4n) is 6.18. The number of fused-ring (bicyclic) bond motifs is 11. The van der Waals surface area contributed by atoms with Gasteiger partial charge in [0.25, 0.3) is 0 Å². The van der Waals surface area contributed by atoms with Gasteiger partial charge in [0.05, 0.1) is 27.8 Å². The number of rotatable bonds is 1. The highest BCUT2D eigenvalue weighted by atomic mass is 16.3. The Hall–Kier alpha value is -5.75. The van der Waals surface area contributed by atoms with Crippen molar-refractivity contribution in [2.45, 2.75) is 0 Å². The first-order valence-corrected chi connectivity index (χ1v) is 13.5. The summed E-state index contributed by atoms with van der Waals surface area (Å²) in [4.78, 5) is 24.4. The van der Waals surface area contributed by atoms with Crippen molar-refractivity contribution in [3.8, 4) is 22.3 Å². The van der Waals surface area contributed by atoms with Crippen LogP contribution in [0.3, 0.4) is 0 Å². The van der Waals surface area contributed by atoms with Crippen LogP contribution in [0, 0.1) is 0 Å². The molecular weight excluding hydrogens is 508 g/mol. The summed E-state index contributed by atoms with van der Waals surface area (Å²) in [6, 6.07) is 41.3. The number of imidazole rings is 1. The molecule has 0 radical (unpaired) electrons. The maximum atomic E-state index is 13.1. The van der Waals surface area contributed by atoms with Gasteiger partial charge in [-0.15, -0.1) is 0 Å². The van der Waals surface area contributed by atoms with Gasteiger partial charge in [0.15, 0.2) is 5.65 Å². The van der Waals surface area contributed by atoms with Crippen LogP contribution in [0.25, 0.3) is 61.0 Å². The fourth-order valence-corrected chi connectivity index (χ4v) is 6.18. The van der Waals surface area contributed by atoms with E-state index < -0.39 is 5.69 Å². The Morgan fingerprint density at radius 1 is 0.610 bits per heavy atom. The molecule has 0 spiro atoms. The summed E-state index contributed by atoms with van der Waals surface area (Å²) in [5.74, 6) is 0. The van der Waals surface area contributed by atoms with Gasteiger partial charge in [-0.05, 0) is 53.6 Å². The van der Waals surface area contributed by atoms with Crippen LogP contribution in [-0.4, -0.2) is 14.4 Å². The molecule has 6 heteroatoms. The van der Waals surface area contributed by atoms with Gasteiger partial charge in [-0.2, -0.15) is 4.98 Å². The Morgan fingerprint density at radius 2 is 1.24 bits per heavy atom. The lowest BCUT2D eigenvalue weighted by molar-refractivity contribution is 0.641. The summed E-state index contributed by atoms with van der Waals surface area (Å²) in [7, 11) is 0. The van der Waals surface area contributed by atoms with E-state index >= 15 is 0 Å². The lowest BCUT2D eigenvalue weighted by Crippen LogP contribution is -2.16. The van der Waals surface area contributed by atoms with Crippen LogP contribution in [0.5, 0.6) is 0 Å². The molecule has 0 saturated heterocycles. The molecule has 9 rings (SSSR count). The molecule has 0 fully saturated rings. The minimum Gasteiger partial charge on any atom is -0.437 e. The summed E-state index contributed by atoms with van der Waals surface area (Å²) in [5.41, 5.74) is 10.3. The summed E-state index contributed by atoms with van der Waals surface area (Å²) in [5, 5.41) is 1.59. The lowest BCUT2D eigenvalue weighted by Gasteiger charge is -2.27. The van der Waals surface area contributed by atoms with Gasteiger partial charge in [-0.25, -0.2) is 14.2 Å². The monoisotopic (exact) mass is 528 g/mol. The molecule has 0 N–H and O–H groups in total. The third-order valence-corrected chi connectivity index (χ3v) is 7.98. The van der Waals surface area contributed by atoms with Crippen molar-refractivity contribution in [3.63, 3.8) is 0 Å². The van der Waals surface area contributed by atoms with Crippen LogP contribution in [0.2, 0.25) is 0 Å². The van der Waals surface area contributed by atoms with Gasteiger partial charge >= 0.3 is 5.69 Å². The predicted octanol–water partition coefficient (Wildman–Crippen LogP) is 8.26. The SMILES string of the molecule is O=c1nc2oc3cc(N4c5ccccc5-c5ccccc5-c5ccccc54)ccc3cc2c2nc3ccccc3n12. The Morgan fingerprint density at radius 3 is 1.98 bits per heavy atom. The largest absolute Gasteiger partial charge is 0.437 e. The molecule has 5 aromatic carbocycles. The maximum Gasteiger partial charge on any atom is 0.357 e. The van der Waals surface area contributed by atoms with E-state index in [-0.39, 0.29) is 5.71 Å². The maximum absolute atomic E-state index is 13.1. The molecule has 192 valence electrons. The number of nitrogens with zero attached hydrogens (tertiary/aromatic N) is 4. The fraction of sp³-hybridized carbons (Fsp3) is 0. The van der Waals surface area contributed by atoms with E-state index in [4.69, 9.17) is 9.40 Å². The van der Waals surface area contributed by atoms with Crippen molar-refractivity contribution in [1.29, 1.82) is 0 Å². The normalized spacial score (nSPS) is 12.4. The average molecular weight is 529 g/mol. The number of benzene rings is 5. The minimum absolute atomic E-state index is 0.270. The number of aromatic nitrogens is 3. The zero-order chi connectivity index (χ0) is 27.1. The zero-order valence-corrected chi connectivity index (χ0v) is 21.7. The Bertz CT molecular complexity index is 2350. The van der Waals surface area contributed by atoms with E-state index in [1.165, 1.54) is 11.1 Å². The van der Waals surface area contributed by atoms with Crippen molar-refractivity contribution >= 4 is 55.8 Å². The molecule has 8 aromatic rings. The zero-order valence-electron chi connectivity index (χ0n) is 21.7. The van der Waals surface area contributed by atoms with Gasteiger partial charge in [-0.3, -0.25) is 0 Å². The van der Waals surface area contributed by atoms with Crippen LogP contribution < -0.4 is 10.6 Å². The number of para-hydroxylation sites is 4. The molecule has 41 heavy (non-hydrogen) atoms. The molecule has 1 aliphatic heterocycles. The molecule has 0 aliphatic carbocycles. The van der Waals surface area contributed by atoms with Crippen molar-refractivity contribution in [3.05, 3.63) is 132 Å². The Labute approximate surface area is 233 Å². The molecule has 0 unspecified atom stereocenters. The van der Waals surface area contributed by atoms with Crippen LogP contribution >= 0.6 is 0 Å². The highest BCUT2D eigenvalue weighted by Crippen LogP contribution is 2.50. The van der Waals surface area contributed by atoms with E-state index in [1.807, 2.05) is 36.4 Å². The van der Waals surface area contributed by atoms with Crippen molar-refractivity contribution in [2.24, 2.45) is 0 Å². The minimum atomic E-state index is -0.409. The van der Waals surface area contributed by atoms with Crippen molar-refractivity contribution < 1.29 is 4.42 Å². The van der Waals surface area contributed by atoms with E-state index in [9.17, 15) is 4.79 Å². The molecule has 4 heterocycles. The third-order valence-electron chi connectivity index (χ3n) is 7.98. The molecule has 0 bridgehead atoms. The number of anilines is 3. The molecule has 0 saturated carbocycles. The van der Waals surface area contributed by atoms with Crippen LogP contribution in [-0.2, 0) is 0 Å². The summed E-state index contributed by atoms with van der Waals surface area (Å²) >= 11 is 0. The molecular formula is C35H20N4O2. The summed E-state index contributed by atoms with van der Waals surface area (Å²) in [6.07, 6.45) is 0. The first kappa shape index (κ1) is 22.1. The second-order valence-electron chi connectivity index (χ2n) is 10.3. The van der Waals surface area contributed by atoms with Gasteiger partial charge in [-0.1, -0.05) is 72.8 Å². The van der Waals surface area contributed by atoms with Gasteiger partial charge in [0.2, 0.25) is 5.71 Å². The van der Waals surface area contributed by atoms with Gasteiger partial charge < -0.3 is 9.32 Å². The Kier molecular flexibility index (Phi) is 4.38.